The summed E-state index contributed by atoms with van der Waals surface area (Å²) >= 11 is 0. The van der Waals surface area contributed by atoms with Crippen LogP contribution in [0.5, 0.6) is 0 Å². The zero-order chi connectivity index (χ0) is 13.9. The summed E-state index contributed by atoms with van der Waals surface area (Å²) in [5.74, 6) is -0.625. The van der Waals surface area contributed by atoms with Crippen LogP contribution in [0.15, 0.2) is 6.07 Å². The van der Waals surface area contributed by atoms with Crippen LogP contribution >= 0.6 is 0 Å². The number of nitrogens with one attached hydrogen (secondary N) is 1. The number of carboxylic acids is 1. The fourth-order valence-electron chi connectivity index (χ4n) is 2.02. The first-order valence-corrected chi connectivity index (χ1v) is 5.97. The number of aliphatic hydroxyl groups is 1. The third-order valence-corrected chi connectivity index (χ3v) is 2.64. The second-order valence-electron chi connectivity index (χ2n) is 4.74. The lowest BCUT2D eigenvalue weighted by Crippen LogP contribution is -2.23. The highest BCUT2D eigenvalue weighted by atomic mass is 16.4. The fourth-order valence-corrected chi connectivity index (χ4v) is 2.02. The summed E-state index contributed by atoms with van der Waals surface area (Å²) in [7, 11) is 0. The van der Waals surface area contributed by atoms with Gasteiger partial charge in [0, 0.05) is 11.7 Å². The van der Waals surface area contributed by atoms with E-state index in [1.807, 2.05) is 13.8 Å². The number of aromatic nitrogens is 1. The standard InChI is InChI=1S/C13H20N2O3/c1-7-5-8(2)14-12(11(7)13(17)18)15-9(3)6-10(4)16/h5,9-10,16H,6H2,1-4H3,(H,14,15)(H,17,18). The van der Waals surface area contributed by atoms with E-state index in [9.17, 15) is 15.0 Å². The highest BCUT2D eigenvalue weighted by Gasteiger charge is 2.17. The maximum atomic E-state index is 11.2. The number of rotatable bonds is 5. The second-order valence-corrected chi connectivity index (χ2v) is 4.74. The number of hydrogen-bond donors (Lipinski definition) is 3. The van der Waals surface area contributed by atoms with Crippen LogP contribution in [0.3, 0.4) is 0 Å². The topological polar surface area (TPSA) is 82.5 Å². The van der Waals surface area contributed by atoms with Crippen molar-refractivity contribution in [3.63, 3.8) is 0 Å². The molecule has 0 saturated carbocycles. The smallest absolute Gasteiger partial charge is 0.339 e. The van der Waals surface area contributed by atoms with Crippen LogP contribution in [-0.4, -0.2) is 33.3 Å². The Labute approximate surface area is 107 Å². The molecule has 18 heavy (non-hydrogen) atoms. The van der Waals surface area contributed by atoms with Crippen molar-refractivity contribution >= 4 is 11.8 Å². The number of aromatic carboxylic acids is 1. The molecule has 0 radical (unpaired) electrons. The van der Waals surface area contributed by atoms with Crippen LogP contribution in [-0.2, 0) is 0 Å². The van der Waals surface area contributed by atoms with E-state index in [0.717, 1.165) is 5.69 Å². The lowest BCUT2D eigenvalue weighted by molar-refractivity contribution is 0.0697. The number of pyridine rings is 1. The molecule has 0 aliphatic heterocycles. The minimum Gasteiger partial charge on any atom is -0.478 e. The summed E-state index contributed by atoms with van der Waals surface area (Å²) < 4.78 is 0. The average molecular weight is 252 g/mol. The van der Waals surface area contributed by atoms with E-state index in [-0.39, 0.29) is 11.6 Å². The zero-order valence-corrected chi connectivity index (χ0v) is 11.2. The van der Waals surface area contributed by atoms with Crippen molar-refractivity contribution in [2.75, 3.05) is 5.32 Å². The van der Waals surface area contributed by atoms with E-state index in [1.165, 1.54) is 0 Å². The van der Waals surface area contributed by atoms with Gasteiger partial charge in [0.2, 0.25) is 0 Å². The van der Waals surface area contributed by atoms with Gasteiger partial charge in [-0.1, -0.05) is 0 Å². The first-order chi connectivity index (χ1) is 8.31. The molecule has 5 nitrogen and oxygen atoms in total. The van der Waals surface area contributed by atoms with E-state index < -0.39 is 12.1 Å². The summed E-state index contributed by atoms with van der Waals surface area (Å²) in [5.41, 5.74) is 1.64. The summed E-state index contributed by atoms with van der Waals surface area (Å²) in [6.07, 6.45) is 0.0972. The SMILES string of the molecule is Cc1cc(C)c(C(=O)O)c(NC(C)CC(C)O)n1. The Morgan fingerprint density at radius 1 is 1.44 bits per heavy atom. The van der Waals surface area contributed by atoms with Crippen molar-refractivity contribution in [3.05, 3.63) is 22.9 Å². The van der Waals surface area contributed by atoms with Gasteiger partial charge in [0.25, 0.3) is 0 Å². The highest BCUT2D eigenvalue weighted by molar-refractivity contribution is 5.94. The second kappa shape index (κ2) is 5.82. The third-order valence-electron chi connectivity index (χ3n) is 2.64. The quantitative estimate of drug-likeness (QED) is 0.746. The molecule has 0 aliphatic rings. The molecule has 3 N–H and O–H groups in total. The Hall–Kier alpha value is -1.62. The fraction of sp³-hybridized carbons (Fsp3) is 0.538. The average Bonchev–Trinajstić information content (AvgIpc) is 2.12. The van der Waals surface area contributed by atoms with Gasteiger partial charge in [-0.25, -0.2) is 9.78 Å². The molecular weight excluding hydrogens is 232 g/mol. The van der Waals surface area contributed by atoms with Crippen molar-refractivity contribution < 1.29 is 15.0 Å². The van der Waals surface area contributed by atoms with Crippen LogP contribution < -0.4 is 5.32 Å². The Morgan fingerprint density at radius 2 is 2.06 bits per heavy atom. The van der Waals surface area contributed by atoms with E-state index >= 15 is 0 Å². The summed E-state index contributed by atoms with van der Waals surface area (Å²) in [6, 6.07) is 1.70. The number of aryl methyl sites for hydroxylation is 2. The van der Waals surface area contributed by atoms with Crippen molar-refractivity contribution in [2.24, 2.45) is 0 Å². The molecule has 0 bridgehead atoms. The number of anilines is 1. The predicted molar refractivity (Wildman–Crippen MR) is 70.1 cm³/mol. The van der Waals surface area contributed by atoms with Gasteiger partial charge in [0.1, 0.15) is 11.4 Å². The molecule has 0 aromatic carbocycles. The minimum absolute atomic E-state index is 0.0446. The van der Waals surface area contributed by atoms with Gasteiger partial charge in [0.05, 0.1) is 6.10 Å². The van der Waals surface area contributed by atoms with E-state index in [2.05, 4.69) is 10.3 Å². The molecule has 1 aromatic rings. The zero-order valence-electron chi connectivity index (χ0n) is 11.2. The first kappa shape index (κ1) is 14.4. The minimum atomic E-state index is -0.994. The summed E-state index contributed by atoms with van der Waals surface area (Å²) in [4.78, 5) is 15.5. The van der Waals surface area contributed by atoms with Crippen LogP contribution in [0.1, 0.15) is 41.9 Å². The molecule has 0 amide bonds. The summed E-state index contributed by atoms with van der Waals surface area (Å²) in [6.45, 7) is 7.16. The maximum Gasteiger partial charge on any atom is 0.339 e. The molecule has 1 aromatic heterocycles. The molecule has 0 aliphatic carbocycles. The van der Waals surface area contributed by atoms with E-state index in [4.69, 9.17) is 0 Å². The molecule has 2 unspecified atom stereocenters. The van der Waals surface area contributed by atoms with Gasteiger partial charge in [0.15, 0.2) is 0 Å². The van der Waals surface area contributed by atoms with Crippen molar-refractivity contribution in [2.45, 2.75) is 46.3 Å². The van der Waals surface area contributed by atoms with Crippen LogP contribution in [0.2, 0.25) is 0 Å². The molecule has 0 spiro atoms. The number of hydrogen-bond acceptors (Lipinski definition) is 4. The van der Waals surface area contributed by atoms with E-state index in [0.29, 0.717) is 17.8 Å². The van der Waals surface area contributed by atoms with E-state index in [1.54, 1.807) is 19.9 Å². The lowest BCUT2D eigenvalue weighted by Gasteiger charge is -2.18. The van der Waals surface area contributed by atoms with Crippen molar-refractivity contribution in [1.82, 2.24) is 4.98 Å². The number of aliphatic hydroxyl groups excluding tert-OH is 1. The number of carbonyl (C=O) groups is 1. The third kappa shape index (κ3) is 3.70. The number of carboxylic acid groups (broad SMARTS) is 1. The number of nitrogens with zero attached hydrogens (tertiary/aromatic N) is 1. The Balaban J connectivity index is 3.03. The largest absolute Gasteiger partial charge is 0.478 e. The molecule has 100 valence electrons. The first-order valence-electron chi connectivity index (χ1n) is 5.97. The molecule has 0 saturated heterocycles. The molecule has 5 heteroatoms. The maximum absolute atomic E-state index is 11.2. The van der Waals surface area contributed by atoms with Crippen LogP contribution in [0, 0.1) is 13.8 Å². The van der Waals surface area contributed by atoms with Gasteiger partial charge in [-0.05, 0) is 45.7 Å². The Kier molecular flexibility index (Phi) is 4.67. The highest BCUT2D eigenvalue weighted by Crippen LogP contribution is 2.20. The van der Waals surface area contributed by atoms with Gasteiger partial charge in [-0.3, -0.25) is 0 Å². The predicted octanol–water partition coefficient (Wildman–Crippen LogP) is 1.97. The molecule has 1 heterocycles. The normalized spacial score (nSPS) is 14.1. The van der Waals surface area contributed by atoms with Gasteiger partial charge >= 0.3 is 5.97 Å². The van der Waals surface area contributed by atoms with Crippen LogP contribution in [0.4, 0.5) is 5.82 Å². The Bertz CT molecular complexity index is 444. The van der Waals surface area contributed by atoms with Crippen LogP contribution in [0.25, 0.3) is 0 Å². The molecule has 2 atom stereocenters. The lowest BCUT2D eigenvalue weighted by atomic mass is 10.1. The van der Waals surface area contributed by atoms with Gasteiger partial charge in [-0.15, -0.1) is 0 Å². The Morgan fingerprint density at radius 3 is 2.56 bits per heavy atom. The van der Waals surface area contributed by atoms with Gasteiger partial charge < -0.3 is 15.5 Å². The molecular formula is C13H20N2O3. The monoisotopic (exact) mass is 252 g/mol. The molecule has 1 rings (SSSR count). The van der Waals surface area contributed by atoms with Crippen molar-refractivity contribution in [1.29, 1.82) is 0 Å². The van der Waals surface area contributed by atoms with Crippen molar-refractivity contribution in [3.8, 4) is 0 Å². The molecule has 0 fully saturated rings. The summed E-state index contributed by atoms with van der Waals surface area (Å²) in [5, 5.41) is 21.6. The van der Waals surface area contributed by atoms with Gasteiger partial charge in [-0.2, -0.15) is 0 Å².